The van der Waals surface area contributed by atoms with Crippen LogP contribution < -0.4 is 16.4 Å². The first-order chi connectivity index (χ1) is 9.67. The summed E-state index contributed by atoms with van der Waals surface area (Å²) in [7, 11) is 1.76. The van der Waals surface area contributed by atoms with Crippen molar-refractivity contribution in [3.05, 3.63) is 17.7 Å². The zero-order chi connectivity index (χ0) is 14.1. The van der Waals surface area contributed by atoms with Crippen LogP contribution in [0.4, 0.5) is 17.1 Å². The quantitative estimate of drug-likeness (QED) is 0.739. The third kappa shape index (κ3) is 2.45. The average Bonchev–Trinajstić information content (AvgIpc) is 2.87. The molecule has 2 unspecified atom stereocenters. The number of nitrogens with one attached hydrogen (secondary N) is 2. The molecule has 0 saturated heterocycles. The second-order valence-electron chi connectivity index (χ2n) is 5.60. The standard InChI is InChI=1S/C15H21N3O2/c1-20-14-4-2-3-11(14)17-13-7-9-5-6-15(19)18-12(9)8-10(13)16/h7-8,11,14,17H,2-6,16H2,1H3,(H,18,19). The molecule has 1 aromatic rings. The fourth-order valence-electron chi connectivity index (χ4n) is 3.14. The van der Waals surface area contributed by atoms with Crippen LogP contribution >= 0.6 is 0 Å². The number of methoxy groups -OCH3 is 1. The maximum atomic E-state index is 11.4. The number of hydrogen-bond acceptors (Lipinski definition) is 4. The van der Waals surface area contributed by atoms with Crippen molar-refractivity contribution in [1.82, 2.24) is 0 Å². The van der Waals surface area contributed by atoms with E-state index in [9.17, 15) is 4.79 Å². The van der Waals surface area contributed by atoms with Gasteiger partial charge in [0.2, 0.25) is 5.91 Å². The van der Waals surface area contributed by atoms with Gasteiger partial charge >= 0.3 is 0 Å². The van der Waals surface area contributed by atoms with Crippen molar-refractivity contribution in [3.8, 4) is 0 Å². The summed E-state index contributed by atoms with van der Waals surface area (Å²) in [4.78, 5) is 11.4. The highest BCUT2D eigenvalue weighted by Crippen LogP contribution is 2.33. The summed E-state index contributed by atoms with van der Waals surface area (Å²) in [5, 5.41) is 6.38. The Hall–Kier alpha value is -1.75. The Kier molecular flexibility index (Phi) is 3.53. The lowest BCUT2D eigenvalue weighted by atomic mass is 10.0. The van der Waals surface area contributed by atoms with Gasteiger partial charge in [-0.05, 0) is 43.4 Å². The molecule has 1 heterocycles. The molecule has 0 spiro atoms. The smallest absolute Gasteiger partial charge is 0.224 e. The number of carbonyl (C=O) groups excluding carboxylic acids is 1. The molecular weight excluding hydrogens is 254 g/mol. The largest absolute Gasteiger partial charge is 0.397 e. The summed E-state index contributed by atoms with van der Waals surface area (Å²) in [6.07, 6.45) is 4.94. The van der Waals surface area contributed by atoms with Crippen LogP contribution in [0.3, 0.4) is 0 Å². The Labute approximate surface area is 118 Å². The molecule has 0 bridgehead atoms. The van der Waals surface area contributed by atoms with Crippen molar-refractivity contribution >= 4 is 23.0 Å². The molecule has 1 fully saturated rings. The van der Waals surface area contributed by atoms with Gasteiger partial charge in [-0.25, -0.2) is 0 Å². The van der Waals surface area contributed by atoms with Crippen LogP contribution in [0.2, 0.25) is 0 Å². The molecule has 108 valence electrons. The third-order valence-electron chi connectivity index (χ3n) is 4.27. The van der Waals surface area contributed by atoms with Crippen LogP contribution in [0.25, 0.3) is 0 Å². The number of nitrogen functional groups attached to an aromatic ring is 1. The van der Waals surface area contributed by atoms with Gasteiger partial charge in [-0.3, -0.25) is 4.79 Å². The molecule has 5 nitrogen and oxygen atoms in total. The van der Waals surface area contributed by atoms with Gasteiger partial charge in [0, 0.05) is 19.2 Å². The molecule has 0 aromatic heterocycles. The summed E-state index contributed by atoms with van der Waals surface area (Å²) in [6, 6.07) is 4.24. The van der Waals surface area contributed by atoms with Crippen molar-refractivity contribution in [2.75, 3.05) is 23.5 Å². The zero-order valence-electron chi connectivity index (χ0n) is 11.7. The van der Waals surface area contributed by atoms with Crippen LogP contribution in [0.1, 0.15) is 31.2 Å². The van der Waals surface area contributed by atoms with E-state index in [-0.39, 0.29) is 12.0 Å². The van der Waals surface area contributed by atoms with Gasteiger partial charge in [0.1, 0.15) is 0 Å². The maximum absolute atomic E-state index is 11.4. The lowest BCUT2D eigenvalue weighted by Gasteiger charge is -2.24. The molecule has 1 amide bonds. The van der Waals surface area contributed by atoms with Crippen LogP contribution in [0.15, 0.2) is 12.1 Å². The summed E-state index contributed by atoms with van der Waals surface area (Å²) < 4.78 is 5.50. The minimum Gasteiger partial charge on any atom is -0.397 e. The fourth-order valence-corrected chi connectivity index (χ4v) is 3.14. The summed E-state index contributed by atoms with van der Waals surface area (Å²) in [5.74, 6) is 0.0628. The average molecular weight is 275 g/mol. The molecule has 4 N–H and O–H groups in total. The number of nitrogens with two attached hydrogens (primary N) is 1. The first-order valence-electron chi connectivity index (χ1n) is 7.19. The Morgan fingerprint density at radius 2 is 2.20 bits per heavy atom. The molecule has 2 atom stereocenters. The minimum absolute atomic E-state index is 0.0628. The molecule has 5 heteroatoms. The molecule has 20 heavy (non-hydrogen) atoms. The Balaban J connectivity index is 1.82. The van der Waals surface area contributed by atoms with E-state index in [2.05, 4.69) is 16.7 Å². The maximum Gasteiger partial charge on any atom is 0.224 e. The fraction of sp³-hybridized carbons (Fsp3) is 0.533. The van der Waals surface area contributed by atoms with Gasteiger partial charge in [-0.15, -0.1) is 0 Å². The number of aryl methyl sites for hydroxylation is 1. The summed E-state index contributed by atoms with van der Waals surface area (Å²) in [5.41, 5.74) is 9.72. The second kappa shape index (κ2) is 5.32. The normalized spacial score (nSPS) is 25.1. The number of fused-ring (bicyclic) bond motifs is 1. The number of hydrogen-bond donors (Lipinski definition) is 3. The summed E-state index contributed by atoms with van der Waals surface area (Å²) >= 11 is 0. The van der Waals surface area contributed by atoms with E-state index in [4.69, 9.17) is 10.5 Å². The highest BCUT2D eigenvalue weighted by molar-refractivity contribution is 5.95. The van der Waals surface area contributed by atoms with Gasteiger partial charge < -0.3 is 21.1 Å². The Morgan fingerprint density at radius 3 is 3.00 bits per heavy atom. The van der Waals surface area contributed by atoms with E-state index < -0.39 is 0 Å². The molecule has 2 aliphatic rings. The topological polar surface area (TPSA) is 76.4 Å². The van der Waals surface area contributed by atoms with Crippen LogP contribution in [-0.4, -0.2) is 25.2 Å². The lowest BCUT2D eigenvalue weighted by molar-refractivity contribution is -0.116. The highest BCUT2D eigenvalue weighted by atomic mass is 16.5. The number of carbonyl (C=O) groups is 1. The van der Waals surface area contributed by atoms with Crippen molar-refractivity contribution in [3.63, 3.8) is 0 Å². The van der Waals surface area contributed by atoms with E-state index in [1.54, 1.807) is 7.11 Å². The number of anilines is 3. The Bertz CT molecular complexity index is 530. The number of rotatable bonds is 3. The third-order valence-corrected chi connectivity index (χ3v) is 4.27. The van der Waals surface area contributed by atoms with E-state index in [1.165, 1.54) is 6.42 Å². The molecule has 1 saturated carbocycles. The molecular formula is C15H21N3O2. The van der Waals surface area contributed by atoms with Crippen LogP contribution in [-0.2, 0) is 16.0 Å². The highest BCUT2D eigenvalue weighted by Gasteiger charge is 2.27. The SMILES string of the molecule is COC1CCCC1Nc1cc2c(cc1N)NC(=O)CC2. The first-order valence-corrected chi connectivity index (χ1v) is 7.19. The minimum atomic E-state index is 0.0628. The number of ether oxygens (including phenoxy) is 1. The predicted octanol–water partition coefficient (Wildman–Crippen LogP) is 2.13. The van der Waals surface area contributed by atoms with E-state index in [1.807, 2.05) is 6.07 Å². The molecule has 3 rings (SSSR count). The molecule has 1 aliphatic carbocycles. The molecule has 1 aromatic carbocycles. The van der Waals surface area contributed by atoms with E-state index >= 15 is 0 Å². The van der Waals surface area contributed by atoms with Crippen molar-refractivity contribution in [1.29, 1.82) is 0 Å². The zero-order valence-corrected chi connectivity index (χ0v) is 11.7. The predicted molar refractivity (Wildman–Crippen MR) is 79.9 cm³/mol. The van der Waals surface area contributed by atoms with Gasteiger partial charge in [-0.1, -0.05) is 0 Å². The number of benzene rings is 1. The van der Waals surface area contributed by atoms with Crippen molar-refractivity contribution < 1.29 is 9.53 Å². The van der Waals surface area contributed by atoms with Gasteiger partial charge in [0.25, 0.3) is 0 Å². The van der Waals surface area contributed by atoms with Crippen LogP contribution in [0, 0.1) is 0 Å². The van der Waals surface area contributed by atoms with E-state index in [0.29, 0.717) is 18.2 Å². The molecule has 0 radical (unpaired) electrons. The van der Waals surface area contributed by atoms with Crippen LogP contribution in [0.5, 0.6) is 0 Å². The van der Waals surface area contributed by atoms with Gasteiger partial charge in [0.05, 0.1) is 23.5 Å². The lowest BCUT2D eigenvalue weighted by Crippen LogP contribution is -2.30. The summed E-state index contributed by atoms with van der Waals surface area (Å²) in [6.45, 7) is 0. The second-order valence-corrected chi connectivity index (χ2v) is 5.60. The van der Waals surface area contributed by atoms with Gasteiger partial charge in [0.15, 0.2) is 0 Å². The van der Waals surface area contributed by atoms with Crippen molar-refractivity contribution in [2.24, 2.45) is 0 Å². The van der Waals surface area contributed by atoms with E-state index in [0.717, 1.165) is 36.2 Å². The van der Waals surface area contributed by atoms with Crippen molar-refractivity contribution in [2.45, 2.75) is 44.2 Å². The Morgan fingerprint density at radius 1 is 1.35 bits per heavy atom. The van der Waals surface area contributed by atoms with Gasteiger partial charge in [-0.2, -0.15) is 0 Å². The first kappa shape index (κ1) is 13.2. The number of amides is 1. The molecule has 1 aliphatic heterocycles. The monoisotopic (exact) mass is 275 g/mol.